The second-order valence-electron chi connectivity index (χ2n) is 7.86. The van der Waals surface area contributed by atoms with Gasteiger partial charge in [-0.3, -0.25) is 19.3 Å². The number of rotatable bonds is 6. The lowest BCUT2D eigenvalue weighted by Gasteiger charge is -2.27. The van der Waals surface area contributed by atoms with E-state index in [1.165, 1.54) is 11.3 Å². The van der Waals surface area contributed by atoms with Crippen molar-refractivity contribution in [3.63, 3.8) is 0 Å². The molecule has 3 amide bonds. The van der Waals surface area contributed by atoms with Crippen molar-refractivity contribution in [2.75, 3.05) is 19.6 Å². The van der Waals surface area contributed by atoms with Crippen LogP contribution in [-0.4, -0.2) is 51.1 Å². The van der Waals surface area contributed by atoms with Crippen molar-refractivity contribution in [3.8, 4) is 0 Å². The van der Waals surface area contributed by atoms with Gasteiger partial charge in [-0.25, -0.2) is 0 Å². The van der Waals surface area contributed by atoms with E-state index < -0.39 is 0 Å². The molecular formula is C23H27N3O3S. The van der Waals surface area contributed by atoms with Gasteiger partial charge in [0, 0.05) is 42.3 Å². The summed E-state index contributed by atoms with van der Waals surface area (Å²) in [5, 5.41) is 0.771. The van der Waals surface area contributed by atoms with Gasteiger partial charge in [-0.1, -0.05) is 31.5 Å². The van der Waals surface area contributed by atoms with Gasteiger partial charge >= 0.3 is 0 Å². The lowest BCUT2D eigenvalue weighted by atomic mass is 10.1. The number of aromatic nitrogens is 1. The molecule has 3 heterocycles. The summed E-state index contributed by atoms with van der Waals surface area (Å²) in [6.45, 7) is 4.44. The minimum atomic E-state index is -0.223. The first-order chi connectivity index (χ1) is 14.6. The number of likely N-dealkylation sites (tertiary alicyclic amines) is 1. The van der Waals surface area contributed by atoms with Crippen molar-refractivity contribution in [2.24, 2.45) is 0 Å². The minimum Gasteiger partial charge on any atom is -0.341 e. The van der Waals surface area contributed by atoms with E-state index in [-0.39, 0.29) is 23.6 Å². The van der Waals surface area contributed by atoms with Crippen molar-refractivity contribution >= 4 is 45.8 Å². The van der Waals surface area contributed by atoms with Crippen molar-refractivity contribution < 1.29 is 14.4 Å². The highest BCUT2D eigenvalue weighted by atomic mass is 32.2. The number of carbonyl (C=O) groups is 3. The highest BCUT2D eigenvalue weighted by molar-refractivity contribution is 8.18. The molecule has 0 N–H and O–H groups in total. The Labute approximate surface area is 180 Å². The number of unbranched alkanes of at least 4 members (excludes halogenated alkanes) is 1. The summed E-state index contributed by atoms with van der Waals surface area (Å²) in [7, 11) is 0. The Bertz CT molecular complexity index is 1000. The summed E-state index contributed by atoms with van der Waals surface area (Å²) in [4.78, 5) is 41.5. The predicted octanol–water partition coefficient (Wildman–Crippen LogP) is 4.49. The van der Waals surface area contributed by atoms with Crippen molar-refractivity contribution in [1.29, 1.82) is 0 Å². The summed E-state index contributed by atoms with van der Waals surface area (Å²) in [6.07, 6.45) is 8.78. The predicted molar refractivity (Wildman–Crippen MR) is 120 cm³/mol. The highest BCUT2D eigenvalue weighted by Gasteiger charge is 2.34. The van der Waals surface area contributed by atoms with Gasteiger partial charge in [0.2, 0.25) is 5.91 Å². The summed E-state index contributed by atoms with van der Waals surface area (Å²) in [5.41, 5.74) is 1.82. The topological polar surface area (TPSA) is 62.6 Å². The van der Waals surface area contributed by atoms with Crippen LogP contribution in [0.4, 0.5) is 4.79 Å². The molecular weight excluding hydrogens is 398 g/mol. The van der Waals surface area contributed by atoms with Crippen LogP contribution in [0.5, 0.6) is 0 Å². The summed E-state index contributed by atoms with van der Waals surface area (Å²) < 4.78 is 1.96. The van der Waals surface area contributed by atoms with Crippen LogP contribution < -0.4 is 0 Å². The van der Waals surface area contributed by atoms with Crippen molar-refractivity contribution in [1.82, 2.24) is 14.4 Å². The van der Waals surface area contributed by atoms with Crippen LogP contribution in [0.2, 0.25) is 0 Å². The second-order valence-corrected chi connectivity index (χ2v) is 8.85. The third-order valence-electron chi connectivity index (χ3n) is 5.73. The SMILES string of the molecule is CCCCN1C(=O)S/C(=C\c2cn(CC(=O)N3CCCCC3)c3ccccc23)C1=O. The lowest BCUT2D eigenvalue weighted by Crippen LogP contribution is -2.37. The van der Waals surface area contributed by atoms with Gasteiger partial charge in [0.15, 0.2) is 0 Å². The highest BCUT2D eigenvalue weighted by Crippen LogP contribution is 2.34. The number of imide groups is 1. The Balaban J connectivity index is 1.61. The minimum absolute atomic E-state index is 0.127. The van der Waals surface area contributed by atoms with E-state index in [0.717, 1.165) is 67.0 Å². The molecule has 0 bridgehead atoms. The number of thioether (sulfide) groups is 1. The molecule has 2 aromatic rings. The number of para-hydroxylation sites is 1. The molecule has 4 rings (SSSR count). The molecule has 2 saturated heterocycles. The van der Waals surface area contributed by atoms with Gasteiger partial charge in [0.05, 0.1) is 4.91 Å². The van der Waals surface area contributed by atoms with Crippen LogP contribution in [0.1, 0.15) is 44.6 Å². The smallest absolute Gasteiger partial charge is 0.293 e. The average Bonchev–Trinajstić information content (AvgIpc) is 3.24. The first kappa shape index (κ1) is 20.7. The van der Waals surface area contributed by atoms with E-state index >= 15 is 0 Å². The number of hydrogen-bond acceptors (Lipinski definition) is 4. The summed E-state index contributed by atoms with van der Waals surface area (Å²) in [5.74, 6) is -0.0958. The van der Waals surface area contributed by atoms with Crippen LogP contribution in [0, 0.1) is 0 Å². The molecule has 0 aliphatic carbocycles. The second kappa shape index (κ2) is 9.08. The van der Waals surface area contributed by atoms with Crippen LogP contribution >= 0.6 is 11.8 Å². The molecule has 0 saturated carbocycles. The maximum absolute atomic E-state index is 12.8. The van der Waals surface area contributed by atoms with Crippen LogP contribution in [0.15, 0.2) is 35.4 Å². The van der Waals surface area contributed by atoms with Gasteiger partial charge in [0.1, 0.15) is 6.54 Å². The third kappa shape index (κ3) is 4.17. The Kier molecular flexibility index (Phi) is 6.27. The molecule has 1 aromatic heterocycles. The molecule has 158 valence electrons. The molecule has 2 aliphatic rings. The monoisotopic (exact) mass is 425 g/mol. The zero-order valence-electron chi connectivity index (χ0n) is 17.3. The molecule has 1 aromatic carbocycles. The third-order valence-corrected chi connectivity index (χ3v) is 6.64. The Hall–Kier alpha value is -2.54. The first-order valence-corrected chi connectivity index (χ1v) is 11.5. The van der Waals surface area contributed by atoms with Gasteiger partial charge in [-0.05, 0) is 49.6 Å². The molecule has 30 heavy (non-hydrogen) atoms. The number of piperidine rings is 1. The van der Waals surface area contributed by atoms with Gasteiger partial charge in [0.25, 0.3) is 11.1 Å². The fraction of sp³-hybridized carbons (Fsp3) is 0.435. The number of hydrogen-bond donors (Lipinski definition) is 0. The van der Waals surface area contributed by atoms with Crippen molar-refractivity contribution in [3.05, 3.63) is 40.9 Å². The maximum Gasteiger partial charge on any atom is 0.293 e. The average molecular weight is 426 g/mol. The Morgan fingerprint density at radius 3 is 2.67 bits per heavy atom. The first-order valence-electron chi connectivity index (χ1n) is 10.7. The van der Waals surface area contributed by atoms with Crippen LogP contribution in [0.25, 0.3) is 17.0 Å². The molecule has 0 atom stereocenters. The van der Waals surface area contributed by atoms with Gasteiger partial charge in [-0.2, -0.15) is 0 Å². The normalized spacial score (nSPS) is 18.8. The fourth-order valence-corrected chi connectivity index (χ4v) is 4.92. The van der Waals surface area contributed by atoms with E-state index in [0.29, 0.717) is 11.4 Å². The largest absolute Gasteiger partial charge is 0.341 e. The Morgan fingerprint density at radius 2 is 1.90 bits per heavy atom. The molecule has 7 heteroatoms. The van der Waals surface area contributed by atoms with E-state index in [1.807, 2.05) is 46.9 Å². The summed E-state index contributed by atoms with van der Waals surface area (Å²) >= 11 is 0.996. The molecule has 0 radical (unpaired) electrons. The fourth-order valence-electron chi connectivity index (χ4n) is 4.06. The number of fused-ring (bicyclic) bond motifs is 1. The summed E-state index contributed by atoms with van der Waals surface area (Å²) in [6, 6.07) is 7.88. The number of carbonyl (C=O) groups excluding carboxylic acids is 3. The zero-order chi connectivity index (χ0) is 21.1. The van der Waals surface area contributed by atoms with E-state index in [4.69, 9.17) is 0 Å². The molecule has 2 fully saturated rings. The quantitative estimate of drug-likeness (QED) is 0.640. The molecule has 6 nitrogen and oxygen atoms in total. The zero-order valence-corrected chi connectivity index (χ0v) is 18.1. The molecule has 0 spiro atoms. The number of nitrogens with zero attached hydrogens (tertiary/aromatic N) is 3. The molecule has 0 unspecified atom stereocenters. The lowest BCUT2D eigenvalue weighted by molar-refractivity contribution is -0.132. The molecule has 2 aliphatic heterocycles. The van der Waals surface area contributed by atoms with E-state index in [2.05, 4.69) is 0 Å². The number of benzene rings is 1. The number of amides is 3. The van der Waals surface area contributed by atoms with E-state index in [9.17, 15) is 14.4 Å². The van der Waals surface area contributed by atoms with Crippen molar-refractivity contribution in [2.45, 2.75) is 45.6 Å². The van der Waals surface area contributed by atoms with Gasteiger partial charge < -0.3 is 9.47 Å². The van der Waals surface area contributed by atoms with Crippen LogP contribution in [0.3, 0.4) is 0 Å². The van der Waals surface area contributed by atoms with E-state index in [1.54, 1.807) is 6.08 Å². The maximum atomic E-state index is 12.8. The van der Waals surface area contributed by atoms with Gasteiger partial charge in [-0.15, -0.1) is 0 Å². The Morgan fingerprint density at radius 1 is 1.13 bits per heavy atom. The standard InChI is InChI=1S/C23H27N3O3S/c1-2-3-13-26-22(28)20(30-23(26)29)14-17-15-25(19-10-6-5-9-18(17)19)16-21(27)24-11-7-4-8-12-24/h5-6,9-10,14-15H,2-4,7-8,11-13,16H2,1H3/b20-14-. The van der Waals surface area contributed by atoms with Crippen LogP contribution in [-0.2, 0) is 16.1 Å².